The predicted molar refractivity (Wildman–Crippen MR) is 66.8 cm³/mol. The second-order valence-electron chi connectivity index (χ2n) is 4.45. The summed E-state index contributed by atoms with van der Waals surface area (Å²) in [6, 6.07) is 7.62. The number of nitrogens with one attached hydrogen (secondary N) is 1. The molecule has 1 aliphatic rings. The highest BCUT2D eigenvalue weighted by Gasteiger charge is 2.26. The number of para-hydroxylation sites is 1. The van der Waals surface area contributed by atoms with Crippen molar-refractivity contribution in [3.05, 3.63) is 23.8 Å². The van der Waals surface area contributed by atoms with Crippen molar-refractivity contribution in [3.8, 4) is 0 Å². The average Bonchev–Trinajstić information content (AvgIpc) is 2.25. The van der Waals surface area contributed by atoms with Crippen molar-refractivity contribution < 1.29 is 0 Å². The normalized spacial score (nSPS) is 24.7. The quantitative estimate of drug-likeness (QED) is 0.756. The van der Waals surface area contributed by atoms with Gasteiger partial charge in [0.1, 0.15) is 0 Å². The predicted octanol–water partition coefficient (Wildman–Crippen LogP) is 2.89. The fourth-order valence-electron chi connectivity index (χ4n) is 2.24. The van der Waals surface area contributed by atoms with E-state index in [4.69, 9.17) is 0 Å². The van der Waals surface area contributed by atoms with Crippen molar-refractivity contribution in [1.82, 2.24) is 0 Å². The molecular weight excluding hydrogens is 184 g/mol. The number of hydrogen-bond donors (Lipinski definition) is 1. The molecule has 0 spiro atoms. The Morgan fingerprint density at radius 3 is 2.73 bits per heavy atom. The van der Waals surface area contributed by atoms with Gasteiger partial charge in [0.05, 0.1) is 11.4 Å². The van der Waals surface area contributed by atoms with Gasteiger partial charge in [0, 0.05) is 19.1 Å². The molecular formula is C13H20N2. The molecule has 1 N–H and O–H groups in total. The van der Waals surface area contributed by atoms with E-state index in [0.717, 1.165) is 6.42 Å². The zero-order valence-electron chi connectivity index (χ0n) is 10.0. The van der Waals surface area contributed by atoms with E-state index in [2.05, 4.69) is 56.2 Å². The minimum absolute atomic E-state index is 0.509. The number of hydrogen-bond acceptors (Lipinski definition) is 2. The number of benzene rings is 1. The standard InChI is InChI=1S/C13H20N2/c1-5-11-7-6-8-12-13(11)14-9(2)10(3)15(12)4/h6-10,14H,5H2,1-4H3. The maximum Gasteiger partial charge on any atom is 0.0613 e. The summed E-state index contributed by atoms with van der Waals surface area (Å²) in [5.41, 5.74) is 4.08. The first-order valence-electron chi connectivity index (χ1n) is 5.76. The molecule has 1 heterocycles. The molecule has 2 rings (SSSR count). The molecule has 2 unspecified atom stereocenters. The van der Waals surface area contributed by atoms with Crippen molar-refractivity contribution in [3.63, 3.8) is 0 Å². The van der Waals surface area contributed by atoms with E-state index in [1.165, 1.54) is 16.9 Å². The topological polar surface area (TPSA) is 15.3 Å². The fourth-order valence-corrected chi connectivity index (χ4v) is 2.24. The molecule has 0 saturated heterocycles. The second-order valence-corrected chi connectivity index (χ2v) is 4.45. The van der Waals surface area contributed by atoms with Gasteiger partial charge in [0.2, 0.25) is 0 Å². The molecule has 0 fully saturated rings. The minimum Gasteiger partial charge on any atom is -0.379 e. The Morgan fingerprint density at radius 1 is 1.33 bits per heavy atom. The van der Waals surface area contributed by atoms with E-state index in [0.29, 0.717) is 12.1 Å². The Hall–Kier alpha value is -1.18. The molecule has 2 heteroatoms. The SMILES string of the molecule is CCc1cccc2c1NC(C)C(C)N2C. The van der Waals surface area contributed by atoms with Gasteiger partial charge in [-0.15, -0.1) is 0 Å². The third-order valence-corrected chi connectivity index (χ3v) is 3.60. The Labute approximate surface area is 92.3 Å². The molecule has 1 aliphatic heterocycles. The van der Waals surface area contributed by atoms with E-state index < -0.39 is 0 Å². The van der Waals surface area contributed by atoms with Crippen LogP contribution in [0.5, 0.6) is 0 Å². The van der Waals surface area contributed by atoms with Crippen molar-refractivity contribution >= 4 is 11.4 Å². The number of rotatable bonds is 1. The van der Waals surface area contributed by atoms with E-state index in [1.807, 2.05) is 0 Å². The molecule has 2 atom stereocenters. The maximum atomic E-state index is 3.62. The minimum atomic E-state index is 0.509. The smallest absolute Gasteiger partial charge is 0.0613 e. The summed E-state index contributed by atoms with van der Waals surface area (Å²) >= 11 is 0. The van der Waals surface area contributed by atoms with Gasteiger partial charge in [0.25, 0.3) is 0 Å². The monoisotopic (exact) mass is 204 g/mol. The number of anilines is 2. The van der Waals surface area contributed by atoms with Gasteiger partial charge < -0.3 is 10.2 Å². The Bertz CT molecular complexity index is 360. The summed E-state index contributed by atoms with van der Waals surface area (Å²) in [7, 11) is 2.18. The summed E-state index contributed by atoms with van der Waals surface area (Å²) < 4.78 is 0. The molecule has 1 aromatic rings. The summed E-state index contributed by atoms with van der Waals surface area (Å²) in [6.07, 6.45) is 1.09. The maximum absolute atomic E-state index is 3.62. The summed E-state index contributed by atoms with van der Waals surface area (Å²) in [5.74, 6) is 0. The summed E-state index contributed by atoms with van der Waals surface area (Å²) in [6.45, 7) is 6.72. The molecule has 15 heavy (non-hydrogen) atoms. The third-order valence-electron chi connectivity index (χ3n) is 3.60. The number of likely N-dealkylation sites (N-methyl/N-ethyl adjacent to an activating group) is 1. The lowest BCUT2D eigenvalue weighted by Gasteiger charge is -2.40. The molecule has 82 valence electrons. The molecule has 0 saturated carbocycles. The van der Waals surface area contributed by atoms with Crippen molar-refractivity contribution in [2.75, 3.05) is 17.3 Å². The number of nitrogens with zero attached hydrogens (tertiary/aromatic N) is 1. The van der Waals surface area contributed by atoms with Gasteiger partial charge in [0.15, 0.2) is 0 Å². The van der Waals surface area contributed by atoms with Gasteiger partial charge in [-0.25, -0.2) is 0 Å². The molecule has 0 bridgehead atoms. The van der Waals surface area contributed by atoms with Gasteiger partial charge in [-0.1, -0.05) is 19.1 Å². The van der Waals surface area contributed by atoms with Gasteiger partial charge >= 0.3 is 0 Å². The lowest BCUT2D eigenvalue weighted by Crippen LogP contribution is -2.45. The van der Waals surface area contributed by atoms with Crippen LogP contribution in [0.3, 0.4) is 0 Å². The molecule has 0 aliphatic carbocycles. The Kier molecular flexibility index (Phi) is 2.59. The van der Waals surface area contributed by atoms with E-state index in [-0.39, 0.29) is 0 Å². The molecule has 0 radical (unpaired) electrons. The third kappa shape index (κ3) is 1.58. The number of fused-ring (bicyclic) bond motifs is 1. The lowest BCUT2D eigenvalue weighted by atomic mass is 10.0. The van der Waals surface area contributed by atoms with Crippen LogP contribution in [0.1, 0.15) is 26.3 Å². The van der Waals surface area contributed by atoms with Crippen LogP contribution < -0.4 is 10.2 Å². The van der Waals surface area contributed by atoms with Crippen LogP contribution in [-0.2, 0) is 6.42 Å². The van der Waals surface area contributed by atoms with Crippen LogP contribution in [0.2, 0.25) is 0 Å². The van der Waals surface area contributed by atoms with E-state index >= 15 is 0 Å². The van der Waals surface area contributed by atoms with Crippen molar-refractivity contribution in [2.24, 2.45) is 0 Å². The molecule has 0 amide bonds. The lowest BCUT2D eigenvalue weighted by molar-refractivity contribution is 0.586. The summed E-state index contributed by atoms with van der Waals surface area (Å²) in [4.78, 5) is 2.37. The average molecular weight is 204 g/mol. The first-order chi connectivity index (χ1) is 7.15. The summed E-state index contributed by atoms with van der Waals surface area (Å²) in [5, 5.41) is 3.62. The largest absolute Gasteiger partial charge is 0.379 e. The van der Waals surface area contributed by atoms with Crippen molar-refractivity contribution in [2.45, 2.75) is 39.3 Å². The molecule has 1 aromatic carbocycles. The molecule has 0 aromatic heterocycles. The highest BCUT2D eigenvalue weighted by molar-refractivity contribution is 5.76. The van der Waals surface area contributed by atoms with Crippen LogP contribution in [-0.4, -0.2) is 19.1 Å². The highest BCUT2D eigenvalue weighted by atomic mass is 15.2. The van der Waals surface area contributed by atoms with Crippen LogP contribution in [0.15, 0.2) is 18.2 Å². The highest BCUT2D eigenvalue weighted by Crippen LogP contribution is 2.35. The second kappa shape index (κ2) is 3.76. The van der Waals surface area contributed by atoms with Gasteiger partial charge in [-0.05, 0) is 31.9 Å². The van der Waals surface area contributed by atoms with E-state index in [1.54, 1.807) is 0 Å². The molecule has 2 nitrogen and oxygen atoms in total. The fraction of sp³-hybridized carbons (Fsp3) is 0.538. The number of aryl methyl sites for hydroxylation is 1. The van der Waals surface area contributed by atoms with Crippen LogP contribution in [0.25, 0.3) is 0 Å². The zero-order chi connectivity index (χ0) is 11.0. The van der Waals surface area contributed by atoms with Crippen molar-refractivity contribution in [1.29, 1.82) is 0 Å². The first-order valence-corrected chi connectivity index (χ1v) is 5.76. The van der Waals surface area contributed by atoms with Crippen LogP contribution in [0.4, 0.5) is 11.4 Å². The van der Waals surface area contributed by atoms with Crippen LogP contribution >= 0.6 is 0 Å². The Morgan fingerprint density at radius 2 is 2.07 bits per heavy atom. The van der Waals surface area contributed by atoms with E-state index in [9.17, 15) is 0 Å². The van der Waals surface area contributed by atoms with Gasteiger partial charge in [-0.2, -0.15) is 0 Å². The first kappa shape index (κ1) is 10.3. The zero-order valence-corrected chi connectivity index (χ0v) is 10.0. The van der Waals surface area contributed by atoms with Gasteiger partial charge in [-0.3, -0.25) is 0 Å². The Balaban J connectivity index is 2.49. The van der Waals surface area contributed by atoms with Crippen LogP contribution in [0, 0.1) is 0 Å².